The van der Waals surface area contributed by atoms with E-state index in [1.807, 2.05) is 66.7 Å². The fourth-order valence-electron chi connectivity index (χ4n) is 2.66. The SMILES string of the molecule is N#CC(C#N)=Cc1cccc(-c2ccccc2-c2ccccc2)c1. The third kappa shape index (κ3) is 3.24. The number of hydrogen-bond acceptors (Lipinski definition) is 2. The zero-order chi connectivity index (χ0) is 16.8. The Labute approximate surface area is 141 Å². The molecular formula is C22H14N2. The van der Waals surface area contributed by atoms with Crippen molar-refractivity contribution in [2.24, 2.45) is 0 Å². The van der Waals surface area contributed by atoms with Crippen LogP contribution < -0.4 is 0 Å². The maximum Gasteiger partial charge on any atom is 0.130 e. The first-order valence-electron chi connectivity index (χ1n) is 7.58. The van der Waals surface area contributed by atoms with Crippen LogP contribution in [0.15, 0.2) is 84.4 Å². The highest BCUT2D eigenvalue weighted by Crippen LogP contribution is 2.32. The third-order valence-corrected chi connectivity index (χ3v) is 3.76. The second kappa shape index (κ2) is 7.09. The Morgan fingerprint density at radius 1 is 0.667 bits per heavy atom. The minimum absolute atomic E-state index is 0.100. The van der Waals surface area contributed by atoms with Gasteiger partial charge in [-0.15, -0.1) is 0 Å². The molecule has 0 spiro atoms. The van der Waals surface area contributed by atoms with Gasteiger partial charge in [0, 0.05) is 0 Å². The first-order chi connectivity index (χ1) is 11.8. The minimum atomic E-state index is 0.100. The van der Waals surface area contributed by atoms with Gasteiger partial charge in [-0.2, -0.15) is 10.5 Å². The largest absolute Gasteiger partial charge is 0.192 e. The van der Waals surface area contributed by atoms with Gasteiger partial charge in [-0.05, 0) is 40.0 Å². The van der Waals surface area contributed by atoms with Crippen LogP contribution in [0.5, 0.6) is 0 Å². The summed E-state index contributed by atoms with van der Waals surface area (Å²) in [5, 5.41) is 17.9. The average Bonchev–Trinajstić information content (AvgIpc) is 2.67. The van der Waals surface area contributed by atoms with E-state index in [0.717, 1.165) is 27.8 Å². The summed E-state index contributed by atoms with van der Waals surface area (Å²) < 4.78 is 0. The average molecular weight is 306 g/mol. The third-order valence-electron chi connectivity index (χ3n) is 3.76. The molecule has 2 heteroatoms. The molecule has 3 rings (SSSR count). The Balaban J connectivity index is 2.11. The number of rotatable bonds is 3. The summed E-state index contributed by atoms with van der Waals surface area (Å²) in [6, 6.07) is 30.1. The predicted octanol–water partition coefficient (Wildman–Crippen LogP) is 5.45. The van der Waals surface area contributed by atoms with E-state index < -0.39 is 0 Å². The Kier molecular flexibility index (Phi) is 4.52. The van der Waals surface area contributed by atoms with E-state index in [1.165, 1.54) is 0 Å². The predicted molar refractivity (Wildman–Crippen MR) is 96.5 cm³/mol. The molecule has 0 aliphatic carbocycles. The van der Waals surface area contributed by atoms with Crippen LogP contribution in [0.2, 0.25) is 0 Å². The van der Waals surface area contributed by atoms with Gasteiger partial charge in [0.05, 0.1) is 0 Å². The molecule has 0 unspecified atom stereocenters. The fourth-order valence-corrected chi connectivity index (χ4v) is 2.66. The van der Waals surface area contributed by atoms with Crippen molar-refractivity contribution < 1.29 is 0 Å². The lowest BCUT2D eigenvalue weighted by molar-refractivity contribution is 1.47. The molecule has 0 fully saturated rings. The van der Waals surface area contributed by atoms with Crippen molar-refractivity contribution in [3.63, 3.8) is 0 Å². The van der Waals surface area contributed by atoms with E-state index >= 15 is 0 Å². The molecule has 0 N–H and O–H groups in total. The van der Waals surface area contributed by atoms with E-state index in [-0.39, 0.29) is 5.57 Å². The van der Waals surface area contributed by atoms with Crippen LogP contribution in [0, 0.1) is 22.7 Å². The Morgan fingerprint density at radius 3 is 1.92 bits per heavy atom. The van der Waals surface area contributed by atoms with Crippen LogP contribution in [0.3, 0.4) is 0 Å². The van der Waals surface area contributed by atoms with Gasteiger partial charge in [0.2, 0.25) is 0 Å². The summed E-state index contributed by atoms with van der Waals surface area (Å²) in [4.78, 5) is 0. The number of allylic oxidation sites excluding steroid dienone is 1. The van der Waals surface area contributed by atoms with E-state index in [9.17, 15) is 0 Å². The summed E-state index contributed by atoms with van der Waals surface area (Å²) in [6.07, 6.45) is 1.61. The van der Waals surface area contributed by atoms with Gasteiger partial charge >= 0.3 is 0 Å². The van der Waals surface area contributed by atoms with Gasteiger partial charge < -0.3 is 0 Å². The van der Waals surface area contributed by atoms with Gasteiger partial charge in [-0.1, -0.05) is 72.8 Å². The van der Waals surface area contributed by atoms with Gasteiger partial charge in [0.1, 0.15) is 17.7 Å². The molecule has 0 aromatic heterocycles. The van der Waals surface area contributed by atoms with Gasteiger partial charge in [0.25, 0.3) is 0 Å². The van der Waals surface area contributed by atoms with Crippen molar-refractivity contribution in [3.8, 4) is 34.4 Å². The van der Waals surface area contributed by atoms with Crippen LogP contribution in [0.25, 0.3) is 28.3 Å². The molecule has 0 aliphatic rings. The first kappa shape index (κ1) is 15.3. The smallest absolute Gasteiger partial charge is 0.130 e. The van der Waals surface area contributed by atoms with Gasteiger partial charge in [-0.3, -0.25) is 0 Å². The molecule has 112 valence electrons. The van der Waals surface area contributed by atoms with E-state index in [1.54, 1.807) is 6.08 Å². The van der Waals surface area contributed by atoms with Crippen LogP contribution in [0.4, 0.5) is 0 Å². The normalized spacial score (nSPS) is 9.58. The number of benzene rings is 3. The lowest BCUT2D eigenvalue weighted by atomic mass is 9.93. The maximum absolute atomic E-state index is 8.93. The molecule has 0 amide bonds. The van der Waals surface area contributed by atoms with E-state index in [0.29, 0.717) is 0 Å². The molecule has 24 heavy (non-hydrogen) atoms. The topological polar surface area (TPSA) is 47.6 Å². The Hall–Kier alpha value is -3.62. The first-order valence-corrected chi connectivity index (χ1v) is 7.58. The van der Waals surface area contributed by atoms with Crippen LogP contribution in [-0.4, -0.2) is 0 Å². The quantitative estimate of drug-likeness (QED) is 0.604. The van der Waals surface area contributed by atoms with E-state index in [2.05, 4.69) is 24.3 Å². The highest BCUT2D eigenvalue weighted by molar-refractivity contribution is 5.84. The van der Waals surface area contributed by atoms with Crippen molar-refractivity contribution in [2.45, 2.75) is 0 Å². The minimum Gasteiger partial charge on any atom is -0.192 e. The van der Waals surface area contributed by atoms with E-state index in [4.69, 9.17) is 10.5 Å². The van der Waals surface area contributed by atoms with Crippen molar-refractivity contribution >= 4 is 6.08 Å². The van der Waals surface area contributed by atoms with Crippen LogP contribution in [0.1, 0.15) is 5.56 Å². The molecule has 3 aromatic rings. The Morgan fingerprint density at radius 2 is 1.25 bits per heavy atom. The highest BCUT2D eigenvalue weighted by Gasteiger charge is 2.07. The molecule has 3 aromatic carbocycles. The molecule has 0 atom stereocenters. The van der Waals surface area contributed by atoms with Crippen molar-refractivity contribution in [1.29, 1.82) is 10.5 Å². The highest BCUT2D eigenvalue weighted by atomic mass is 14.3. The summed E-state index contributed by atoms with van der Waals surface area (Å²) in [7, 11) is 0. The van der Waals surface area contributed by atoms with Crippen molar-refractivity contribution in [3.05, 3.63) is 90.0 Å². The number of hydrogen-bond donors (Lipinski definition) is 0. The molecule has 2 nitrogen and oxygen atoms in total. The lowest BCUT2D eigenvalue weighted by Gasteiger charge is -2.10. The molecule has 0 saturated carbocycles. The maximum atomic E-state index is 8.93. The summed E-state index contributed by atoms with van der Waals surface area (Å²) >= 11 is 0. The summed E-state index contributed by atoms with van der Waals surface area (Å²) in [5.74, 6) is 0. The molecule has 0 radical (unpaired) electrons. The summed E-state index contributed by atoms with van der Waals surface area (Å²) in [5.41, 5.74) is 5.42. The zero-order valence-corrected chi connectivity index (χ0v) is 13.0. The standard InChI is InChI=1S/C22H14N2/c23-15-18(16-24)13-17-7-6-10-20(14-17)22-12-5-4-11-21(22)19-8-2-1-3-9-19/h1-14H. The summed E-state index contributed by atoms with van der Waals surface area (Å²) in [6.45, 7) is 0. The van der Waals surface area contributed by atoms with Gasteiger partial charge in [0.15, 0.2) is 0 Å². The second-order valence-corrected chi connectivity index (χ2v) is 5.32. The van der Waals surface area contributed by atoms with Crippen LogP contribution in [-0.2, 0) is 0 Å². The van der Waals surface area contributed by atoms with Crippen LogP contribution >= 0.6 is 0 Å². The van der Waals surface area contributed by atoms with Crippen molar-refractivity contribution in [1.82, 2.24) is 0 Å². The Bertz CT molecular complexity index is 955. The lowest BCUT2D eigenvalue weighted by Crippen LogP contribution is -1.86. The molecule has 0 heterocycles. The van der Waals surface area contributed by atoms with Gasteiger partial charge in [-0.25, -0.2) is 0 Å². The number of nitrogens with zero attached hydrogens (tertiary/aromatic N) is 2. The molecule has 0 saturated heterocycles. The number of nitriles is 2. The zero-order valence-electron chi connectivity index (χ0n) is 13.0. The molecular weight excluding hydrogens is 292 g/mol. The second-order valence-electron chi connectivity index (χ2n) is 5.32. The monoisotopic (exact) mass is 306 g/mol. The van der Waals surface area contributed by atoms with Crippen molar-refractivity contribution in [2.75, 3.05) is 0 Å². The fraction of sp³-hybridized carbons (Fsp3) is 0. The molecule has 0 aliphatic heterocycles. The molecule has 0 bridgehead atoms.